The van der Waals surface area contributed by atoms with Crippen LogP contribution < -0.4 is 5.73 Å². The minimum Gasteiger partial charge on any atom is -0.330 e. The molecule has 0 saturated heterocycles. The molecule has 4 nitrogen and oxygen atoms in total. The van der Waals surface area contributed by atoms with Gasteiger partial charge < -0.3 is 5.73 Å². The zero-order valence-electron chi connectivity index (χ0n) is 19.3. The minimum absolute atomic E-state index is 0.358. The Hall–Kier alpha value is -2.46. The summed E-state index contributed by atoms with van der Waals surface area (Å²) in [7, 11) is 0. The highest BCUT2D eigenvalue weighted by molar-refractivity contribution is 5.72. The van der Waals surface area contributed by atoms with E-state index in [1.54, 1.807) is 0 Å². The van der Waals surface area contributed by atoms with E-state index < -0.39 is 0 Å². The Labute approximate surface area is 185 Å². The van der Waals surface area contributed by atoms with E-state index >= 15 is 0 Å². The molecule has 0 bridgehead atoms. The van der Waals surface area contributed by atoms with E-state index in [-0.39, 0.29) is 0 Å². The standard InChI is InChI=1S/C27H34N4/c1-16-11-19(12-17(2)20(16)8-10-28)24-13-25(31-30-24)23-15-29-26(18-5-6-18)22-14-27(3,4)9-7-21(22)23/h11-13,15,18H,5-10,14,28H2,1-4H3,(H,30,31). The summed E-state index contributed by atoms with van der Waals surface area (Å²) in [5.41, 5.74) is 19.0. The number of hydrogen-bond acceptors (Lipinski definition) is 3. The molecular weight excluding hydrogens is 380 g/mol. The lowest BCUT2D eigenvalue weighted by Gasteiger charge is -2.33. The molecule has 5 rings (SSSR count). The molecule has 1 aromatic carbocycles. The van der Waals surface area contributed by atoms with Crippen LogP contribution in [0.1, 0.15) is 72.5 Å². The van der Waals surface area contributed by atoms with Crippen molar-refractivity contribution in [1.29, 1.82) is 0 Å². The van der Waals surface area contributed by atoms with Crippen molar-refractivity contribution in [2.75, 3.05) is 6.54 Å². The molecule has 2 aromatic heterocycles. The Morgan fingerprint density at radius 2 is 1.84 bits per heavy atom. The number of nitrogens with zero attached hydrogens (tertiary/aromatic N) is 2. The fraction of sp³-hybridized carbons (Fsp3) is 0.481. The van der Waals surface area contributed by atoms with E-state index in [9.17, 15) is 0 Å². The number of nitrogens with two attached hydrogens (primary N) is 1. The van der Waals surface area contributed by atoms with Gasteiger partial charge in [-0.25, -0.2) is 0 Å². The number of pyridine rings is 1. The van der Waals surface area contributed by atoms with Gasteiger partial charge in [-0.1, -0.05) is 13.8 Å². The predicted molar refractivity (Wildman–Crippen MR) is 127 cm³/mol. The smallest absolute Gasteiger partial charge is 0.0927 e. The molecule has 0 spiro atoms. The number of aromatic amines is 1. The monoisotopic (exact) mass is 414 g/mol. The van der Waals surface area contributed by atoms with Crippen LogP contribution in [0.3, 0.4) is 0 Å². The number of rotatable bonds is 5. The fourth-order valence-corrected chi connectivity index (χ4v) is 5.35. The van der Waals surface area contributed by atoms with Gasteiger partial charge in [-0.05, 0) is 110 Å². The van der Waals surface area contributed by atoms with E-state index in [0.717, 1.165) is 36.2 Å². The van der Waals surface area contributed by atoms with Crippen molar-refractivity contribution >= 4 is 0 Å². The van der Waals surface area contributed by atoms with Crippen LogP contribution >= 0.6 is 0 Å². The summed E-state index contributed by atoms with van der Waals surface area (Å²) in [6.45, 7) is 9.82. The van der Waals surface area contributed by atoms with Crippen LogP contribution in [0, 0.1) is 19.3 Å². The van der Waals surface area contributed by atoms with E-state index in [1.807, 2.05) is 0 Å². The van der Waals surface area contributed by atoms with Crippen LogP contribution in [0.25, 0.3) is 22.5 Å². The van der Waals surface area contributed by atoms with E-state index in [1.165, 1.54) is 58.3 Å². The predicted octanol–water partition coefficient (Wildman–Crippen LogP) is 5.65. The molecule has 3 aromatic rings. The van der Waals surface area contributed by atoms with Gasteiger partial charge in [0.05, 0.1) is 11.4 Å². The summed E-state index contributed by atoms with van der Waals surface area (Å²) in [4.78, 5) is 4.98. The lowest BCUT2D eigenvalue weighted by Crippen LogP contribution is -2.24. The highest BCUT2D eigenvalue weighted by Crippen LogP contribution is 2.47. The maximum Gasteiger partial charge on any atom is 0.0927 e. The van der Waals surface area contributed by atoms with Crippen LogP contribution in [0.5, 0.6) is 0 Å². The maximum absolute atomic E-state index is 5.80. The number of benzene rings is 1. The molecular formula is C27H34N4. The second kappa shape index (κ2) is 7.59. The first-order valence-corrected chi connectivity index (χ1v) is 11.7. The van der Waals surface area contributed by atoms with Crippen molar-refractivity contribution in [1.82, 2.24) is 15.2 Å². The van der Waals surface area contributed by atoms with Crippen LogP contribution in [-0.4, -0.2) is 21.7 Å². The normalized spacial score (nSPS) is 17.6. The van der Waals surface area contributed by atoms with Gasteiger partial charge in [-0.3, -0.25) is 10.1 Å². The van der Waals surface area contributed by atoms with Crippen molar-refractivity contribution < 1.29 is 0 Å². The summed E-state index contributed by atoms with van der Waals surface area (Å²) < 4.78 is 0. The summed E-state index contributed by atoms with van der Waals surface area (Å²) in [5.74, 6) is 0.687. The summed E-state index contributed by atoms with van der Waals surface area (Å²) in [6, 6.07) is 6.68. The summed E-state index contributed by atoms with van der Waals surface area (Å²) in [5, 5.41) is 8.02. The topological polar surface area (TPSA) is 67.6 Å². The number of hydrogen-bond donors (Lipinski definition) is 2. The molecule has 31 heavy (non-hydrogen) atoms. The number of H-pyrrole nitrogens is 1. The van der Waals surface area contributed by atoms with Crippen molar-refractivity contribution in [3.8, 4) is 22.5 Å². The lowest BCUT2D eigenvalue weighted by atomic mass is 9.72. The average Bonchev–Trinajstić information content (AvgIpc) is 3.45. The lowest BCUT2D eigenvalue weighted by molar-refractivity contribution is 0.313. The molecule has 0 unspecified atom stereocenters. The summed E-state index contributed by atoms with van der Waals surface area (Å²) in [6.07, 6.45) is 9.10. The van der Waals surface area contributed by atoms with Crippen molar-refractivity contribution in [3.05, 3.63) is 57.9 Å². The van der Waals surface area contributed by atoms with E-state index in [2.05, 4.69) is 57.2 Å². The third-order valence-corrected chi connectivity index (χ3v) is 7.26. The molecule has 1 fully saturated rings. The van der Waals surface area contributed by atoms with Gasteiger partial charge in [0, 0.05) is 28.9 Å². The third-order valence-electron chi connectivity index (χ3n) is 7.26. The Balaban J connectivity index is 1.54. The van der Waals surface area contributed by atoms with E-state index in [4.69, 9.17) is 15.8 Å². The largest absolute Gasteiger partial charge is 0.330 e. The van der Waals surface area contributed by atoms with Crippen LogP contribution in [0.4, 0.5) is 0 Å². The van der Waals surface area contributed by atoms with Crippen LogP contribution in [-0.2, 0) is 19.3 Å². The quantitative estimate of drug-likeness (QED) is 0.567. The van der Waals surface area contributed by atoms with Crippen molar-refractivity contribution in [3.63, 3.8) is 0 Å². The Morgan fingerprint density at radius 1 is 1.10 bits per heavy atom. The molecule has 3 N–H and O–H groups in total. The molecule has 1 saturated carbocycles. The van der Waals surface area contributed by atoms with Crippen molar-refractivity contribution in [2.24, 2.45) is 11.1 Å². The molecule has 0 radical (unpaired) electrons. The molecule has 0 atom stereocenters. The second-order valence-corrected chi connectivity index (χ2v) is 10.4. The summed E-state index contributed by atoms with van der Waals surface area (Å²) >= 11 is 0. The average molecular weight is 415 g/mol. The zero-order valence-corrected chi connectivity index (χ0v) is 19.3. The van der Waals surface area contributed by atoms with Gasteiger partial charge in [-0.15, -0.1) is 0 Å². The first kappa shape index (κ1) is 20.4. The molecule has 4 heteroatoms. The van der Waals surface area contributed by atoms with Gasteiger partial charge >= 0.3 is 0 Å². The van der Waals surface area contributed by atoms with Gasteiger partial charge in [-0.2, -0.15) is 5.10 Å². The second-order valence-electron chi connectivity index (χ2n) is 10.4. The van der Waals surface area contributed by atoms with Crippen molar-refractivity contribution in [2.45, 2.75) is 72.1 Å². The third kappa shape index (κ3) is 3.82. The SMILES string of the molecule is Cc1cc(-c2cc(-c3cnc(C4CC4)c4c3CCC(C)(C)C4)[nH]n2)cc(C)c1CCN. The van der Waals surface area contributed by atoms with Gasteiger partial charge in [0.15, 0.2) is 0 Å². The zero-order chi connectivity index (χ0) is 21.8. The highest BCUT2D eigenvalue weighted by atomic mass is 15.1. The number of aryl methyl sites for hydroxylation is 2. The molecule has 162 valence electrons. The minimum atomic E-state index is 0.358. The number of fused-ring (bicyclic) bond motifs is 1. The molecule has 0 aliphatic heterocycles. The molecule has 0 amide bonds. The van der Waals surface area contributed by atoms with Gasteiger partial charge in [0.2, 0.25) is 0 Å². The molecule has 2 aliphatic rings. The maximum atomic E-state index is 5.80. The Bertz CT molecular complexity index is 1110. The first-order chi connectivity index (χ1) is 14.9. The first-order valence-electron chi connectivity index (χ1n) is 11.7. The van der Waals surface area contributed by atoms with Gasteiger partial charge in [0.1, 0.15) is 0 Å². The number of aromatic nitrogens is 3. The fourth-order valence-electron chi connectivity index (χ4n) is 5.35. The van der Waals surface area contributed by atoms with Crippen LogP contribution in [0.15, 0.2) is 24.4 Å². The van der Waals surface area contributed by atoms with Crippen LogP contribution in [0.2, 0.25) is 0 Å². The molecule has 2 aliphatic carbocycles. The highest BCUT2D eigenvalue weighted by Gasteiger charge is 2.35. The Kier molecular flexibility index (Phi) is 5.01. The van der Waals surface area contributed by atoms with E-state index in [0.29, 0.717) is 17.9 Å². The Morgan fingerprint density at radius 3 is 2.52 bits per heavy atom. The molecule has 2 heterocycles. The number of nitrogens with one attached hydrogen (secondary N) is 1. The van der Waals surface area contributed by atoms with Gasteiger partial charge in [0.25, 0.3) is 0 Å².